The van der Waals surface area contributed by atoms with E-state index in [4.69, 9.17) is 9.47 Å². The van der Waals surface area contributed by atoms with Crippen molar-refractivity contribution >= 4 is 11.9 Å². The smallest absolute Gasteiger partial charge is 0.320 e. The van der Waals surface area contributed by atoms with Crippen LogP contribution in [0, 0.1) is 11.8 Å². The molecule has 0 saturated carbocycles. The maximum Gasteiger partial charge on any atom is 0.320 e. The van der Waals surface area contributed by atoms with Crippen molar-refractivity contribution in [3.05, 3.63) is 11.1 Å². The maximum absolute atomic E-state index is 11.7. The highest BCUT2D eigenvalue weighted by Gasteiger charge is 2.73. The number of hydrogen-bond acceptors (Lipinski definition) is 4. The van der Waals surface area contributed by atoms with Crippen molar-refractivity contribution in [3.8, 4) is 0 Å². The molecule has 0 amide bonds. The lowest BCUT2D eigenvalue weighted by molar-refractivity contribution is -0.160. The second-order valence-corrected chi connectivity index (χ2v) is 5.26. The Morgan fingerprint density at radius 2 is 1.31 bits per heavy atom. The molecule has 0 aromatic carbocycles. The molecule has 0 aliphatic carbocycles. The zero-order valence-electron chi connectivity index (χ0n) is 9.79. The molecule has 3 aliphatic rings. The molecule has 4 heteroatoms. The summed E-state index contributed by atoms with van der Waals surface area (Å²) in [7, 11) is 0. The Kier molecular flexibility index (Phi) is 1.50. The van der Waals surface area contributed by atoms with Gasteiger partial charge in [0.15, 0.2) is 0 Å². The quantitative estimate of drug-likeness (QED) is 0.351. The zero-order chi connectivity index (χ0) is 11.9. The monoisotopic (exact) mass is 222 g/mol. The Bertz CT molecular complexity index is 424. The molecule has 4 nitrogen and oxygen atoms in total. The van der Waals surface area contributed by atoms with Gasteiger partial charge in [0.2, 0.25) is 0 Å². The van der Waals surface area contributed by atoms with Gasteiger partial charge in [-0.3, -0.25) is 9.59 Å². The predicted octanol–water partition coefficient (Wildman–Crippen LogP) is 1.20. The molecular weight excluding hydrogens is 208 g/mol. The molecule has 0 aromatic rings. The van der Waals surface area contributed by atoms with E-state index in [1.54, 1.807) is 0 Å². The normalized spacial score (nSPS) is 50.0. The minimum atomic E-state index is -0.660. The van der Waals surface area contributed by atoms with Crippen LogP contribution in [0.25, 0.3) is 0 Å². The van der Waals surface area contributed by atoms with Crippen LogP contribution in [-0.4, -0.2) is 23.1 Å². The predicted molar refractivity (Wildman–Crippen MR) is 54.3 cm³/mol. The number of cyclic esters (lactones) is 2. The molecule has 0 radical (unpaired) electrons. The minimum absolute atomic E-state index is 0.437. The summed E-state index contributed by atoms with van der Waals surface area (Å²) in [5.41, 5.74) is 0.797. The minimum Gasteiger partial charge on any atom is -0.393 e. The van der Waals surface area contributed by atoms with E-state index in [9.17, 15) is 9.59 Å². The van der Waals surface area contributed by atoms with E-state index in [0.717, 1.165) is 11.1 Å². The first-order valence-electron chi connectivity index (χ1n) is 5.46. The Morgan fingerprint density at radius 3 is 1.69 bits per heavy atom. The van der Waals surface area contributed by atoms with Crippen LogP contribution in [0.3, 0.4) is 0 Å². The number of carbonyl (C=O) groups is 2. The van der Waals surface area contributed by atoms with Crippen molar-refractivity contribution in [3.63, 3.8) is 0 Å². The summed E-state index contributed by atoms with van der Waals surface area (Å²) in [4.78, 5) is 23.4. The lowest BCUT2D eigenvalue weighted by Gasteiger charge is -2.29. The molecule has 4 atom stereocenters. The van der Waals surface area contributed by atoms with E-state index in [-0.39, 0.29) is 0 Å². The summed E-state index contributed by atoms with van der Waals surface area (Å²) < 4.78 is 10.7. The van der Waals surface area contributed by atoms with Crippen LogP contribution < -0.4 is 0 Å². The molecule has 16 heavy (non-hydrogen) atoms. The van der Waals surface area contributed by atoms with Crippen LogP contribution in [0.5, 0.6) is 0 Å². The van der Waals surface area contributed by atoms with Gasteiger partial charge in [0.25, 0.3) is 0 Å². The number of rotatable bonds is 0. The molecule has 3 aliphatic heterocycles. The first kappa shape index (κ1) is 10.0. The number of ether oxygens (including phenoxy) is 2. The number of esters is 2. The van der Waals surface area contributed by atoms with Crippen LogP contribution in [0.2, 0.25) is 0 Å². The number of carbonyl (C=O) groups excluding carboxylic acids is 2. The van der Waals surface area contributed by atoms with Crippen LogP contribution in [0.1, 0.15) is 27.7 Å². The molecule has 86 valence electrons. The van der Waals surface area contributed by atoms with Crippen molar-refractivity contribution < 1.29 is 19.1 Å². The first-order chi connectivity index (χ1) is 7.32. The lowest BCUT2D eigenvalue weighted by Crippen LogP contribution is -2.41. The van der Waals surface area contributed by atoms with Gasteiger partial charge in [0.05, 0.1) is 0 Å². The van der Waals surface area contributed by atoms with Crippen molar-refractivity contribution in [2.75, 3.05) is 0 Å². The van der Waals surface area contributed by atoms with Crippen LogP contribution in [0.4, 0.5) is 0 Å². The lowest BCUT2D eigenvalue weighted by atomic mass is 9.66. The molecule has 0 N–H and O–H groups in total. The zero-order valence-corrected chi connectivity index (χ0v) is 9.79. The van der Waals surface area contributed by atoms with Gasteiger partial charge in [-0.15, -0.1) is 0 Å². The van der Waals surface area contributed by atoms with Crippen LogP contribution >= 0.6 is 0 Å². The van der Waals surface area contributed by atoms with Gasteiger partial charge in [-0.25, -0.2) is 0 Å². The summed E-state index contributed by atoms with van der Waals surface area (Å²) in [6, 6.07) is 0. The Hall–Kier alpha value is -1.16. The Balaban J connectivity index is 2.25. The summed E-state index contributed by atoms with van der Waals surface area (Å²) in [5, 5.41) is 0. The summed E-state index contributed by atoms with van der Waals surface area (Å²) in [6.07, 6.45) is 0. The van der Waals surface area contributed by atoms with Crippen molar-refractivity contribution in [2.24, 2.45) is 11.8 Å². The topological polar surface area (TPSA) is 52.6 Å². The second-order valence-electron chi connectivity index (χ2n) is 5.26. The standard InChI is InChI=1S/C12H14O4/c1-5-6(2)12(4)8-7(11(5,3)16-12)9(13)15-10(8)14/h7-8H,1-4H3/t7-,8+,11?,12?. The Morgan fingerprint density at radius 1 is 0.938 bits per heavy atom. The third-order valence-electron chi connectivity index (χ3n) is 4.71. The van der Waals surface area contributed by atoms with E-state index in [2.05, 4.69) is 0 Å². The molecule has 3 rings (SSSR count). The van der Waals surface area contributed by atoms with Gasteiger partial charge in [-0.1, -0.05) is 0 Å². The molecule has 2 unspecified atom stereocenters. The second kappa shape index (κ2) is 2.40. The number of fused-ring (bicyclic) bond motifs is 5. The van der Waals surface area contributed by atoms with Crippen LogP contribution in [0.15, 0.2) is 11.1 Å². The average molecular weight is 222 g/mol. The molecule has 3 heterocycles. The summed E-state index contributed by atoms with van der Waals surface area (Å²) >= 11 is 0. The third-order valence-corrected chi connectivity index (χ3v) is 4.71. The van der Waals surface area contributed by atoms with Gasteiger partial charge < -0.3 is 9.47 Å². The highest BCUT2D eigenvalue weighted by atomic mass is 16.6. The van der Waals surface area contributed by atoms with Crippen molar-refractivity contribution in [2.45, 2.75) is 38.9 Å². The molecular formula is C12H14O4. The van der Waals surface area contributed by atoms with E-state index < -0.39 is 35.0 Å². The van der Waals surface area contributed by atoms with Crippen molar-refractivity contribution in [1.82, 2.24) is 0 Å². The SMILES string of the molecule is CC1=C(C)C2(C)OC1(C)[C@@H]1C(=O)OC(=O)[C@@H]12. The first-order valence-corrected chi connectivity index (χ1v) is 5.46. The fourth-order valence-corrected chi connectivity index (χ4v) is 3.52. The number of hydrogen-bond donors (Lipinski definition) is 0. The van der Waals surface area contributed by atoms with Crippen LogP contribution in [-0.2, 0) is 19.1 Å². The average Bonchev–Trinajstić information content (AvgIpc) is 2.68. The van der Waals surface area contributed by atoms with E-state index in [0.29, 0.717) is 0 Å². The maximum atomic E-state index is 11.7. The molecule has 2 saturated heterocycles. The molecule has 0 aromatic heterocycles. The van der Waals surface area contributed by atoms with Gasteiger partial charge in [-0.2, -0.15) is 0 Å². The van der Waals surface area contributed by atoms with E-state index >= 15 is 0 Å². The van der Waals surface area contributed by atoms with E-state index in [1.807, 2.05) is 27.7 Å². The molecule has 2 bridgehead atoms. The summed E-state index contributed by atoms with van der Waals surface area (Å²) in [5.74, 6) is -1.80. The largest absolute Gasteiger partial charge is 0.393 e. The summed E-state index contributed by atoms with van der Waals surface area (Å²) in [6.45, 7) is 7.68. The van der Waals surface area contributed by atoms with Gasteiger partial charge >= 0.3 is 11.9 Å². The van der Waals surface area contributed by atoms with Gasteiger partial charge in [-0.05, 0) is 38.8 Å². The fraction of sp³-hybridized carbons (Fsp3) is 0.667. The molecule has 2 fully saturated rings. The molecule has 0 spiro atoms. The fourth-order valence-electron chi connectivity index (χ4n) is 3.52. The highest BCUT2D eigenvalue weighted by Crippen LogP contribution is 2.62. The van der Waals surface area contributed by atoms with Crippen molar-refractivity contribution in [1.29, 1.82) is 0 Å². The van der Waals surface area contributed by atoms with E-state index in [1.165, 1.54) is 0 Å². The van der Waals surface area contributed by atoms with Gasteiger partial charge in [0.1, 0.15) is 23.0 Å². The van der Waals surface area contributed by atoms with Gasteiger partial charge in [0, 0.05) is 0 Å². The Labute approximate surface area is 93.6 Å². The third kappa shape index (κ3) is 0.755. The highest BCUT2D eigenvalue weighted by molar-refractivity contribution is 6.00.